The van der Waals surface area contributed by atoms with Crippen LogP contribution in [0, 0.1) is 13.8 Å². The number of carbonyl (C=O) groups is 2. The number of rotatable bonds is 4. The zero-order valence-electron chi connectivity index (χ0n) is 16.5. The van der Waals surface area contributed by atoms with Gasteiger partial charge in [0.05, 0.1) is 23.6 Å². The molecule has 0 aliphatic heterocycles. The van der Waals surface area contributed by atoms with Gasteiger partial charge in [-0.3, -0.25) is 4.79 Å². The van der Waals surface area contributed by atoms with Crippen LogP contribution in [0.2, 0.25) is 0 Å². The third-order valence-corrected chi connectivity index (χ3v) is 4.23. The Balaban J connectivity index is 1.70. The van der Waals surface area contributed by atoms with Crippen molar-refractivity contribution in [1.29, 1.82) is 0 Å². The van der Waals surface area contributed by atoms with Gasteiger partial charge in [-0.05, 0) is 49.7 Å². The number of hydrogen-bond acceptors (Lipinski definition) is 4. The Morgan fingerprint density at radius 2 is 1.48 bits per heavy atom. The highest BCUT2D eigenvalue weighted by Gasteiger charge is 2.30. The lowest BCUT2D eigenvalue weighted by Crippen LogP contribution is -2.20. The van der Waals surface area contributed by atoms with Crippen molar-refractivity contribution in [3.05, 3.63) is 77.4 Å². The summed E-state index contributed by atoms with van der Waals surface area (Å²) < 4.78 is 38.4. The van der Waals surface area contributed by atoms with Crippen LogP contribution in [0.3, 0.4) is 0 Å². The summed E-state index contributed by atoms with van der Waals surface area (Å²) in [5.74, 6) is 0.138. The zero-order valence-corrected chi connectivity index (χ0v) is 16.5. The summed E-state index contributed by atoms with van der Waals surface area (Å²) in [6.07, 6.45) is -1.57. The van der Waals surface area contributed by atoms with Crippen molar-refractivity contribution in [3.8, 4) is 0 Å². The molecule has 0 saturated heterocycles. The van der Waals surface area contributed by atoms with Crippen molar-refractivity contribution in [3.63, 3.8) is 0 Å². The number of alkyl halides is 3. The minimum absolute atomic E-state index is 0.0169. The molecule has 0 aliphatic carbocycles. The van der Waals surface area contributed by atoms with Crippen LogP contribution in [0.1, 0.15) is 27.3 Å². The van der Waals surface area contributed by atoms with Crippen molar-refractivity contribution in [1.82, 2.24) is 9.97 Å². The first-order valence-corrected chi connectivity index (χ1v) is 9.08. The number of halogens is 3. The molecule has 3 rings (SSSR count). The van der Waals surface area contributed by atoms with E-state index in [1.807, 2.05) is 0 Å². The molecule has 160 valence electrons. The first-order valence-electron chi connectivity index (χ1n) is 9.08. The number of anilines is 3. The molecule has 1 aromatic heterocycles. The number of hydrogen-bond donors (Lipinski definition) is 3. The molecule has 0 saturated carbocycles. The molecular weight excluding hydrogens is 411 g/mol. The van der Waals surface area contributed by atoms with Crippen molar-refractivity contribution in [2.45, 2.75) is 20.0 Å². The molecule has 7 nitrogen and oxygen atoms in total. The number of aryl methyl sites for hydroxylation is 2. The van der Waals surface area contributed by atoms with Crippen LogP contribution in [-0.4, -0.2) is 21.9 Å². The summed E-state index contributed by atoms with van der Waals surface area (Å²) in [5.41, 5.74) is 0.777. The van der Waals surface area contributed by atoms with E-state index in [-0.39, 0.29) is 5.69 Å². The third-order valence-electron chi connectivity index (χ3n) is 4.23. The Kier molecular flexibility index (Phi) is 6.19. The zero-order chi connectivity index (χ0) is 22.6. The molecular formula is C21H18F3N5O2. The summed E-state index contributed by atoms with van der Waals surface area (Å²) in [5, 5.41) is 7.52. The van der Waals surface area contributed by atoms with Crippen LogP contribution in [-0.2, 0) is 6.18 Å². The number of aromatic nitrogens is 2. The van der Waals surface area contributed by atoms with Gasteiger partial charge in [0, 0.05) is 16.9 Å². The lowest BCUT2D eigenvalue weighted by atomic mass is 10.1. The van der Waals surface area contributed by atoms with E-state index < -0.39 is 23.7 Å². The normalized spacial score (nSPS) is 11.0. The SMILES string of the molecule is Cc1ncc(NC(=O)c2cc(NC(=O)Nc3cccc(C(F)(F)F)c3)ccc2C)cn1. The quantitative estimate of drug-likeness (QED) is 0.543. The molecule has 0 aliphatic rings. The molecule has 0 unspecified atom stereocenters. The highest BCUT2D eigenvalue weighted by molar-refractivity contribution is 6.07. The van der Waals surface area contributed by atoms with Gasteiger partial charge in [0.25, 0.3) is 5.91 Å². The summed E-state index contributed by atoms with van der Waals surface area (Å²) in [4.78, 5) is 32.8. The second kappa shape index (κ2) is 8.82. The van der Waals surface area contributed by atoms with E-state index >= 15 is 0 Å². The molecule has 0 bridgehead atoms. The summed E-state index contributed by atoms with van der Waals surface area (Å²) in [6, 6.07) is 8.21. The maximum atomic E-state index is 12.8. The van der Waals surface area contributed by atoms with E-state index in [4.69, 9.17) is 0 Å². The summed E-state index contributed by atoms with van der Waals surface area (Å²) in [7, 11) is 0. The van der Waals surface area contributed by atoms with Crippen LogP contribution in [0.4, 0.5) is 35.0 Å². The van der Waals surface area contributed by atoms with Crippen LogP contribution in [0.25, 0.3) is 0 Å². The lowest BCUT2D eigenvalue weighted by molar-refractivity contribution is -0.137. The number of carbonyl (C=O) groups excluding carboxylic acids is 2. The highest BCUT2D eigenvalue weighted by Crippen LogP contribution is 2.30. The third kappa shape index (κ3) is 5.78. The van der Waals surface area contributed by atoms with Gasteiger partial charge in [0.2, 0.25) is 0 Å². The van der Waals surface area contributed by atoms with Crippen LogP contribution < -0.4 is 16.0 Å². The van der Waals surface area contributed by atoms with Crippen molar-refractivity contribution < 1.29 is 22.8 Å². The first kappa shape index (κ1) is 21.8. The minimum atomic E-state index is -4.52. The maximum Gasteiger partial charge on any atom is 0.416 e. The lowest BCUT2D eigenvalue weighted by Gasteiger charge is -2.12. The number of nitrogens with one attached hydrogen (secondary N) is 3. The Labute approximate surface area is 175 Å². The Morgan fingerprint density at radius 1 is 0.839 bits per heavy atom. The Hall–Kier alpha value is -3.95. The predicted octanol–water partition coefficient (Wildman–Crippen LogP) is 5.01. The van der Waals surface area contributed by atoms with Crippen LogP contribution in [0.15, 0.2) is 54.9 Å². The fourth-order valence-electron chi connectivity index (χ4n) is 2.67. The van der Waals surface area contributed by atoms with Gasteiger partial charge in [-0.15, -0.1) is 0 Å². The second-order valence-electron chi connectivity index (χ2n) is 6.66. The smallest absolute Gasteiger partial charge is 0.319 e. The van der Waals surface area contributed by atoms with Gasteiger partial charge in [0.1, 0.15) is 5.82 Å². The number of benzene rings is 2. The molecule has 31 heavy (non-hydrogen) atoms. The Bertz CT molecular complexity index is 1110. The first-order chi connectivity index (χ1) is 14.6. The van der Waals surface area contributed by atoms with E-state index in [0.717, 1.165) is 12.1 Å². The van der Waals surface area contributed by atoms with Crippen molar-refractivity contribution in [2.75, 3.05) is 16.0 Å². The van der Waals surface area contributed by atoms with E-state index in [9.17, 15) is 22.8 Å². The number of urea groups is 1. The van der Waals surface area contributed by atoms with Gasteiger partial charge in [-0.25, -0.2) is 14.8 Å². The second-order valence-corrected chi connectivity index (χ2v) is 6.66. The van der Waals surface area contributed by atoms with Gasteiger partial charge in [-0.2, -0.15) is 13.2 Å². The predicted molar refractivity (Wildman–Crippen MR) is 110 cm³/mol. The molecule has 0 atom stereocenters. The molecule has 0 radical (unpaired) electrons. The molecule has 1 heterocycles. The van der Waals surface area contributed by atoms with Gasteiger partial charge in [-0.1, -0.05) is 12.1 Å². The molecule has 2 aromatic carbocycles. The number of nitrogens with zero attached hydrogens (tertiary/aromatic N) is 2. The average Bonchev–Trinajstić information content (AvgIpc) is 2.70. The Morgan fingerprint density at radius 3 is 2.13 bits per heavy atom. The molecule has 0 fully saturated rings. The van der Waals surface area contributed by atoms with Gasteiger partial charge >= 0.3 is 12.2 Å². The molecule has 10 heteroatoms. The van der Waals surface area contributed by atoms with E-state index in [1.165, 1.54) is 30.6 Å². The average molecular weight is 429 g/mol. The maximum absolute atomic E-state index is 12.8. The number of amides is 3. The van der Waals surface area contributed by atoms with Crippen LogP contribution in [0.5, 0.6) is 0 Å². The standard InChI is InChI=1S/C21H18F3N5O2/c1-12-6-7-16(9-18(12)19(30)27-17-10-25-13(2)26-11-17)29-20(31)28-15-5-3-4-14(8-15)21(22,23)24/h3-11H,1-2H3,(H,27,30)(H2,28,29,31). The minimum Gasteiger partial charge on any atom is -0.319 e. The van der Waals surface area contributed by atoms with E-state index in [2.05, 4.69) is 25.9 Å². The molecule has 0 spiro atoms. The largest absolute Gasteiger partial charge is 0.416 e. The molecule has 3 N–H and O–H groups in total. The van der Waals surface area contributed by atoms with Crippen molar-refractivity contribution in [2.24, 2.45) is 0 Å². The van der Waals surface area contributed by atoms with E-state index in [0.29, 0.717) is 28.3 Å². The van der Waals surface area contributed by atoms with Crippen molar-refractivity contribution >= 4 is 29.0 Å². The van der Waals surface area contributed by atoms with Crippen LogP contribution >= 0.6 is 0 Å². The monoisotopic (exact) mass is 429 g/mol. The summed E-state index contributed by atoms with van der Waals surface area (Å²) >= 11 is 0. The fraction of sp³-hybridized carbons (Fsp3) is 0.143. The molecule has 3 amide bonds. The van der Waals surface area contributed by atoms with Gasteiger partial charge in [0.15, 0.2) is 0 Å². The highest BCUT2D eigenvalue weighted by atomic mass is 19.4. The molecule has 3 aromatic rings. The van der Waals surface area contributed by atoms with Gasteiger partial charge < -0.3 is 16.0 Å². The van der Waals surface area contributed by atoms with E-state index in [1.54, 1.807) is 26.0 Å². The fourth-order valence-corrected chi connectivity index (χ4v) is 2.67. The topological polar surface area (TPSA) is 96.0 Å². The summed E-state index contributed by atoms with van der Waals surface area (Å²) in [6.45, 7) is 3.45.